The third-order valence-corrected chi connectivity index (χ3v) is 9.62. The van der Waals surface area contributed by atoms with Gasteiger partial charge in [0.05, 0.1) is 19.3 Å². The Morgan fingerprint density at radius 2 is 1.07 bits per heavy atom. The summed E-state index contributed by atoms with van der Waals surface area (Å²) >= 11 is 0. The van der Waals surface area contributed by atoms with Gasteiger partial charge in [0, 0.05) is 12.8 Å². The SMILES string of the molecule is CCCCC/C=C\C/C=C\C/C=C\CCCCCCC(=O)O[C@H](COC(=O)CCC/C=C\C/C=C\C/C=C\C/C=C\CC(O)CCC)COP(=O)(O)OC[C@H](N)C(=O)O. The molecule has 0 rings (SSSR count). The molecule has 0 saturated carbocycles. The van der Waals surface area contributed by atoms with E-state index in [1.165, 1.54) is 19.3 Å². The second-order valence-corrected chi connectivity index (χ2v) is 15.8. The number of carbonyl (C=O) groups excluding carboxylic acids is 2. The highest BCUT2D eigenvalue weighted by Gasteiger charge is 2.28. The van der Waals surface area contributed by atoms with E-state index in [4.69, 9.17) is 24.8 Å². The van der Waals surface area contributed by atoms with Gasteiger partial charge in [-0.3, -0.25) is 23.4 Å². The molecule has 0 amide bonds. The summed E-state index contributed by atoms with van der Waals surface area (Å²) < 4.78 is 32.6. The van der Waals surface area contributed by atoms with Crippen LogP contribution >= 0.6 is 7.82 Å². The molecule has 4 atom stereocenters. The minimum atomic E-state index is -4.75. The van der Waals surface area contributed by atoms with E-state index in [9.17, 15) is 28.9 Å². The molecule has 0 heterocycles. The molecule has 0 radical (unpaired) electrons. The Bertz CT molecular complexity index is 1340. The molecule has 5 N–H and O–H groups in total. The van der Waals surface area contributed by atoms with Gasteiger partial charge in [-0.25, -0.2) is 4.57 Å². The van der Waals surface area contributed by atoms with Crippen molar-refractivity contribution >= 4 is 25.7 Å². The van der Waals surface area contributed by atoms with E-state index in [1.807, 2.05) is 18.2 Å². The topological polar surface area (TPSA) is 192 Å². The zero-order valence-corrected chi connectivity index (χ0v) is 36.8. The smallest absolute Gasteiger partial charge is 0.472 e. The molecule has 0 aliphatic heterocycles. The summed E-state index contributed by atoms with van der Waals surface area (Å²) in [7, 11) is -4.75. The zero-order valence-electron chi connectivity index (χ0n) is 35.9. The summed E-state index contributed by atoms with van der Waals surface area (Å²) in [6, 6.07) is -1.54. The highest BCUT2D eigenvalue weighted by atomic mass is 31.2. The third kappa shape index (κ3) is 39.8. The van der Waals surface area contributed by atoms with Gasteiger partial charge in [-0.05, 0) is 89.9 Å². The minimum absolute atomic E-state index is 0.112. The first kappa shape index (κ1) is 55.6. The molecule has 0 aromatic heterocycles. The number of hydrogen-bond donors (Lipinski definition) is 4. The molecule has 336 valence electrons. The van der Waals surface area contributed by atoms with Crippen LogP contribution < -0.4 is 5.73 Å². The number of esters is 2. The van der Waals surface area contributed by atoms with E-state index in [1.54, 1.807) is 0 Å². The van der Waals surface area contributed by atoms with Gasteiger partial charge in [0.15, 0.2) is 6.10 Å². The number of nitrogens with two attached hydrogens (primary N) is 1. The Morgan fingerprint density at radius 1 is 0.593 bits per heavy atom. The number of aliphatic hydroxyl groups excluding tert-OH is 1. The van der Waals surface area contributed by atoms with Crippen LogP contribution in [0.1, 0.15) is 149 Å². The van der Waals surface area contributed by atoms with Crippen molar-refractivity contribution < 1.29 is 52.6 Å². The molecule has 0 aliphatic carbocycles. The zero-order chi connectivity index (χ0) is 43.7. The van der Waals surface area contributed by atoms with Gasteiger partial charge in [-0.15, -0.1) is 0 Å². The van der Waals surface area contributed by atoms with Crippen LogP contribution in [0.2, 0.25) is 0 Å². The fraction of sp³-hybridized carbons (Fsp3) is 0.630. The Kier molecular flexibility index (Phi) is 37.8. The lowest BCUT2D eigenvalue weighted by atomic mass is 10.1. The Labute approximate surface area is 355 Å². The average Bonchev–Trinajstić information content (AvgIpc) is 3.20. The number of aliphatic carboxylic acids is 1. The first-order valence-corrected chi connectivity index (χ1v) is 23.2. The Balaban J connectivity index is 4.54. The number of ether oxygens (including phenoxy) is 2. The Morgan fingerprint density at radius 3 is 1.61 bits per heavy atom. The van der Waals surface area contributed by atoms with Crippen molar-refractivity contribution in [1.82, 2.24) is 0 Å². The normalized spacial score (nSPS) is 15.1. The van der Waals surface area contributed by atoms with Gasteiger partial charge in [0.2, 0.25) is 0 Å². The van der Waals surface area contributed by atoms with Gasteiger partial charge in [0.25, 0.3) is 0 Å². The fourth-order valence-corrected chi connectivity index (χ4v) is 6.03. The second-order valence-electron chi connectivity index (χ2n) is 14.3. The van der Waals surface area contributed by atoms with Gasteiger partial charge in [-0.2, -0.15) is 0 Å². The number of phosphoric ester groups is 1. The van der Waals surface area contributed by atoms with Crippen LogP contribution in [0.3, 0.4) is 0 Å². The van der Waals surface area contributed by atoms with Gasteiger partial charge in [-0.1, -0.05) is 131 Å². The number of aliphatic hydroxyl groups is 1. The maximum Gasteiger partial charge on any atom is 0.472 e. The van der Waals surface area contributed by atoms with E-state index in [0.717, 1.165) is 77.0 Å². The number of carboxylic acid groups (broad SMARTS) is 1. The highest BCUT2D eigenvalue weighted by molar-refractivity contribution is 7.47. The lowest BCUT2D eigenvalue weighted by molar-refractivity contribution is -0.161. The fourth-order valence-electron chi connectivity index (χ4n) is 5.25. The Hall–Kier alpha value is -3.38. The quantitative estimate of drug-likeness (QED) is 0.0198. The molecule has 0 fully saturated rings. The van der Waals surface area contributed by atoms with Crippen molar-refractivity contribution in [2.45, 2.75) is 167 Å². The van der Waals surface area contributed by atoms with Crippen LogP contribution in [0, 0.1) is 0 Å². The molecule has 0 spiro atoms. The molecular weight excluding hydrogens is 773 g/mol. The second kappa shape index (κ2) is 40.0. The van der Waals surface area contributed by atoms with Crippen LogP contribution in [-0.2, 0) is 37.5 Å². The molecule has 0 aromatic carbocycles. The number of hydrogen-bond acceptors (Lipinski definition) is 10. The average molecular weight is 850 g/mol. The van der Waals surface area contributed by atoms with Gasteiger partial charge >= 0.3 is 25.7 Å². The van der Waals surface area contributed by atoms with E-state index >= 15 is 0 Å². The van der Waals surface area contributed by atoms with E-state index < -0.39 is 57.7 Å². The maximum absolute atomic E-state index is 12.6. The van der Waals surface area contributed by atoms with Gasteiger partial charge in [0.1, 0.15) is 12.6 Å². The minimum Gasteiger partial charge on any atom is -0.480 e. The molecule has 0 bridgehead atoms. The molecule has 0 aromatic rings. The molecule has 59 heavy (non-hydrogen) atoms. The molecule has 13 heteroatoms. The molecule has 12 nitrogen and oxygen atoms in total. The van der Waals surface area contributed by atoms with E-state index in [0.29, 0.717) is 25.7 Å². The van der Waals surface area contributed by atoms with Crippen molar-refractivity contribution in [2.24, 2.45) is 5.73 Å². The molecular formula is C46H76NO11P. The van der Waals surface area contributed by atoms with Crippen LogP contribution in [0.15, 0.2) is 85.1 Å². The van der Waals surface area contributed by atoms with Crippen LogP contribution in [0.4, 0.5) is 0 Å². The lowest BCUT2D eigenvalue weighted by Gasteiger charge is -2.20. The summed E-state index contributed by atoms with van der Waals surface area (Å²) in [5.41, 5.74) is 5.32. The highest BCUT2D eigenvalue weighted by Crippen LogP contribution is 2.43. The monoisotopic (exact) mass is 850 g/mol. The van der Waals surface area contributed by atoms with Crippen LogP contribution in [0.5, 0.6) is 0 Å². The summed E-state index contributed by atoms with van der Waals surface area (Å²) in [6.45, 7) is 2.47. The predicted octanol–water partition coefficient (Wildman–Crippen LogP) is 10.5. The van der Waals surface area contributed by atoms with E-state index in [2.05, 4.69) is 85.2 Å². The number of unbranched alkanes of at least 4 members (excludes halogenated alkanes) is 8. The third-order valence-electron chi connectivity index (χ3n) is 8.67. The summed E-state index contributed by atoms with van der Waals surface area (Å²) in [5, 5.41) is 18.6. The summed E-state index contributed by atoms with van der Waals surface area (Å²) in [5.74, 6) is -2.52. The lowest BCUT2D eigenvalue weighted by Crippen LogP contribution is -2.34. The number of phosphoric acid groups is 1. The number of allylic oxidation sites excluding steroid dienone is 13. The molecule has 0 saturated heterocycles. The largest absolute Gasteiger partial charge is 0.480 e. The first-order chi connectivity index (χ1) is 28.5. The van der Waals surface area contributed by atoms with Crippen LogP contribution in [-0.4, -0.2) is 71.1 Å². The van der Waals surface area contributed by atoms with Crippen molar-refractivity contribution in [3.8, 4) is 0 Å². The standard InChI is InChI=1S/C46H76NO11P/c1-3-5-6-7-8-9-10-11-12-13-14-17-21-24-27-30-33-37-45(50)58-42(39-56-59(53,54)57-40-43(47)46(51)52)38-55-44(49)36-32-29-26-23-20-18-15-16-19-22-25-28-31-35-41(48)34-4-2/h8-9,11-12,14-15,17-19,22-23,26,28,31,41-43,48H,3-7,10,13,16,20-21,24-25,27,29-30,32-40,47H2,1-2H3,(H,51,52)(H,53,54)/b9-8-,12-11-,17-14-,18-15-,22-19-,26-23-,31-28-/t41?,42-,43+/m1/s1. The maximum atomic E-state index is 12.6. The van der Waals surface area contributed by atoms with Gasteiger partial charge < -0.3 is 30.3 Å². The predicted molar refractivity (Wildman–Crippen MR) is 236 cm³/mol. The number of rotatable bonds is 39. The first-order valence-electron chi connectivity index (χ1n) is 21.7. The van der Waals surface area contributed by atoms with Crippen molar-refractivity contribution in [1.29, 1.82) is 0 Å². The van der Waals surface area contributed by atoms with Crippen molar-refractivity contribution in [3.05, 3.63) is 85.1 Å². The number of carbonyl (C=O) groups is 3. The summed E-state index contributed by atoms with van der Waals surface area (Å²) in [6.07, 6.45) is 45.7. The molecule has 2 unspecified atom stereocenters. The summed E-state index contributed by atoms with van der Waals surface area (Å²) in [4.78, 5) is 45.9. The molecule has 0 aliphatic rings. The van der Waals surface area contributed by atoms with Crippen molar-refractivity contribution in [2.75, 3.05) is 19.8 Å². The van der Waals surface area contributed by atoms with Crippen LogP contribution in [0.25, 0.3) is 0 Å². The van der Waals surface area contributed by atoms with E-state index in [-0.39, 0.29) is 18.9 Å². The van der Waals surface area contributed by atoms with Crippen molar-refractivity contribution in [3.63, 3.8) is 0 Å². The number of carboxylic acids is 1.